The van der Waals surface area contributed by atoms with Crippen molar-refractivity contribution in [1.82, 2.24) is 14.9 Å². The highest BCUT2D eigenvalue weighted by atomic mass is 16.3. The maximum absolute atomic E-state index is 6.24. The van der Waals surface area contributed by atoms with Crippen molar-refractivity contribution in [2.75, 3.05) is 13.1 Å². The molecule has 25 heavy (non-hydrogen) atoms. The lowest BCUT2D eigenvalue weighted by Crippen LogP contribution is -2.33. The Balaban J connectivity index is 1.65. The highest BCUT2D eigenvalue weighted by Gasteiger charge is 2.28. The van der Waals surface area contributed by atoms with Crippen LogP contribution < -0.4 is 0 Å². The van der Waals surface area contributed by atoms with Crippen LogP contribution in [0.15, 0.2) is 71.2 Å². The van der Waals surface area contributed by atoms with E-state index in [0.717, 1.165) is 53.5 Å². The van der Waals surface area contributed by atoms with E-state index in [9.17, 15) is 0 Å². The van der Waals surface area contributed by atoms with Gasteiger partial charge >= 0.3 is 0 Å². The molecule has 0 saturated heterocycles. The van der Waals surface area contributed by atoms with Gasteiger partial charge in [0, 0.05) is 18.7 Å². The summed E-state index contributed by atoms with van der Waals surface area (Å²) in [6.07, 6.45) is 5.51. The van der Waals surface area contributed by atoms with Gasteiger partial charge in [-0.3, -0.25) is 4.90 Å². The Bertz CT molecular complexity index is 978. The Hall–Kier alpha value is -2.85. The maximum atomic E-state index is 6.24. The molecular weight excluding hydrogens is 310 g/mol. The Kier molecular flexibility index (Phi) is 3.42. The van der Waals surface area contributed by atoms with E-state index in [1.807, 2.05) is 30.3 Å². The van der Waals surface area contributed by atoms with Gasteiger partial charge in [0.05, 0.1) is 11.0 Å². The van der Waals surface area contributed by atoms with Crippen molar-refractivity contribution in [2.24, 2.45) is 0 Å². The lowest BCUT2D eigenvalue weighted by Gasteiger charge is -2.30. The molecule has 0 amide bonds. The quantitative estimate of drug-likeness (QED) is 0.558. The van der Waals surface area contributed by atoms with Crippen LogP contribution in [0.4, 0.5) is 0 Å². The Morgan fingerprint density at radius 2 is 1.96 bits per heavy atom. The summed E-state index contributed by atoms with van der Waals surface area (Å²) in [5.74, 6) is 2.78. The molecule has 0 bridgehead atoms. The van der Waals surface area contributed by atoms with Gasteiger partial charge in [-0.05, 0) is 36.8 Å². The number of nitrogens with zero attached hydrogens (tertiary/aromatic N) is 2. The molecule has 2 aromatic rings. The van der Waals surface area contributed by atoms with E-state index in [2.05, 4.69) is 46.3 Å². The zero-order valence-electron chi connectivity index (χ0n) is 13.9. The van der Waals surface area contributed by atoms with Crippen LogP contribution in [0, 0.1) is 0 Å². The minimum atomic E-state index is -0.0170. The zero-order chi connectivity index (χ0) is 16.6. The molecule has 2 aliphatic heterocycles. The second kappa shape index (κ2) is 5.90. The molecule has 3 aliphatic rings. The summed E-state index contributed by atoms with van der Waals surface area (Å²) in [5.41, 5.74) is 3.18. The van der Waals surface area contributed by atoms with Crippen LogP contribution in [0.3, 0.4) is 0 Å². The molecular formula is C21H19N3O. The summed E-state index contributed by atoms with van der Waals surface area (Å²) in [6, 6.07) is 18.5. The maximum Gasteiger partial charge on any atom is 0.134 e. The van der Waals surface area contributed by atoms with E-state index >= 15 is 0 Å². The highest BCUT2D eigenvalue weighted by Crippen LogP contribution is 2.33. The number of rotatable bonds is 3. The van der Waals surface area contributed by atoms with Gasteiger partial charge in [0.25, 0.3) is 0 Å². The number of hydrogen-bond acceptors (Lipinski definition) is 3. The average molecular weight is 329 g/mol. The minimum Gasteiger partial charge on any atom is -0.459 e. The summed E-state index contributed by atoms with van der Waals surface area (Å²) in [5, 5.41) is 0. The first kappa shape index (κ1) is 14.5. The van der Waals surface area contributed by atoms with Crippen LogP contribution in [-0.2, 0) is 0 Å². The molecule has 4 nitrogen and oxygen atoms in total. The van der Waals surface area contributed by atoms with Gasteiger partial charge in [-0.15, -0.1) is 0 Å². The summed E-state index contributed by atoms with van der Waals surface area (Å²) in [4.78, 5) is 10.8. The summed E-state index contributed by atoms with van der Waals surface area (Å²) >= 11 is 0. The zero-order valence-corrected chi connectivity index (χ0v) is 13.9. The molecule has 0 fully saturated rings. The fraction of sp³-hybridized carbons (Fsp3) is 0.190. The number of aromatic nitrogens is 2. The van der Waals surface area contributed by atoms with Crippen molar-refractivity contribution in [3.05, 3.63) is 78.3 Å². The molecule has 0 spiro atoms. The third-order valence-electron chi connectivity index (χ3n) is 4.85. The molecule has 3 heterocycles. The van der Waals surface area contributed by atoms with Crippen molar-refractivity contribution in [3.8, 4) is 11.3 Å². The number of imidazole rings is 1. The predicted octanol–water partition coefficient (Wildman–Crippen LogP) is 4.61. The van der Waals surface area contributed by atoms with Gasteiger partial charge in [0.15, 0.2) is 0 Å². The smallest absolute Gasteiger partial charge is 0.134 e. The van der Waals surface area contributed by atoms with Crippen LogP contribution in [0.1, 0.15) is 24.0 Å². The van der Waals surface area contributed by atoms with Gasteiger partial charge in [-0.2, -0.15) is 0 Å². The number of hydrogen-bond donors (Lipinski definition) is 1. The molecule has 0 radical (unpaired) electrons. The summed E-state index contributed by atoms with van der Waals surface area (Å²) in [7, 11) is 0. The fourth-order valence-electron chi connectivity index (χ4n) is 3.61. The first-order valence-corrected chi connectivity index (χ1v) is 8.71. The van der Waals surface area contributed by atoms with E-state index in [4.69, 9.17) is 9.40 Å². The molecule has 4 heteroatoms. The number of nitrogens with one attached hydrogen (secondary N) is 1. The number of aromatic amines is 1. The van der Waals surface area contributed by atoms with Crippen molar-refractivity contribution in [3.63, 3.8) is 0 Å². The number of benzene rings is 1. The fourth-order valence-corrected chi connectivity index (χ4v) is 3.61. The van der Waals surface area contributed by atoms with Crippen molar-refractivity contribution in [2.45, 2.75) is 12.5 Å². The van der Waals surface area contributed by atoms with Gasteiger partial charge in [0.2, 0.25) is 0 Å². The van der Waals surface area contributed by atoms with E-state index in [1.165, 1.54) is 0 Å². The number of fused-ring (bicyclic) bond motifs is 2. The standard InChI is InChI=1S/C21H19N3O/c1-4-13-24(14-5-1)20(19-12-11-15-7-6-10-18(15)25-19)21-22-16-8-2-3-9-17(16)23-21/h1-4,6-12,20H,5,13-14H2,(H,22,23). The van der Waals surface area contributed by atoms with Gasteiger partial charge in [-0.1, -0.05) is 36.4 Å². The van der Waals surface area contributed by atoms with Gasteiger partial charge in [-0.25, -0.2) is 4.98 Å². The van der Waals surface area contributed by atoms with E-state index < -0.39 is 0 Å². The van der Waals surface area contributed by atoms with Crippen molar-refractivity contribution in [1.29, 1.82) is 0 Å². The Labute approximate surface area is 146 Å². The molecule has 124 valence electrons. The van der Waals surface area contributed by atoms with Crippen LogP contribution in [0.5, 0.6) is 0 Å². The SMILES string of the molecule is C1=CCN(C(c2nc3ccccc3[nH]2)c2ccc3cccc-3o2)CC1. The van der Waals surface area contributed by atoms with E-state index in [0.29, 0.717) is 0 Å². The average Bonchev–Trinajstić information content (AvgIpc) is 3.29. The normalized spacial score (nSPS) is 16.6. The first-order valence-electron chi connectivity index (χ1n) is 8.71. The molecule has 0 saturated carbocycles. The van der Waals surface area contributed by atoms with Crippen LogP contribution in [0.25, 0.3) is 22.4 Å². The molecule has 1 unspecified atom stereocenters. The number of H-pyrrole nitrogens is 1. The second-order valence-corrected chi connectivity index (χ2v) is 6.48. The van der Waals surface area contributed by atoms with E-state index in [-0.39, 0.29) is 6.04 Å². The van der Waals surface area contributed by atoms with Gasteiger partial charge < -0.3 is 9.40 Å². The lowest BCUT2D eigenvalue weighted by molar-refractivity contribution is 0.213. The van der Waals surface area contributed by atoms with Gasteiger partial charge in [0.1, 0.15) is 23.4 Å². The highest BCUT2D eigenvalue weighted by molar-refractivity contribution is 5.75. The largest absolute Gasteiger partial charge is 0.459 e. The molecule has 1 aromatic heterocycles. The predicted molar refractivity (Wildman–Crippen MR) is 98.6 cm³/mol. The third-order valence-corrected chi connectivity index (χ3v) is 4.85. The molecule has 5 rings (SSSR count). The van der Waals surface area contributed by atoms with Crippen molar-refractivity contribution >= 4 is 11.0 Å². The topological polar surface area (TPSA) is 45.1 Å². The van der Waals surface area contributed by atoms with E-state index in [1.54, 1.807) is 0 Å². The van der Waals surface area contributed by atoms with Crippen LogP contribution in [-0.4, -0.2) is 28.0 Å². The summed E-state index contributed by atoms with van der Waals surface area (Å²) < 4.78 is 6.24. The summed E-state index contributed by atoms with van der Waals surface area (Å²) in [6.45, 7) is 1.89. The molecule has 1 N–H and O–H groups in total. The lowest BCUT2D eigenvalue weighted by atomic mass is 10.1. The minimum absolute atomic E-state index is 0.0170. The molecule has 1 aromatic carbocycles. The molecule has 1 aliphatic carbocycles. The third kappa shape index (κ3) is 2.55. The van der Waals surface area contributed by atoms with Crippen LogP contribution >= 0.6 is 0 Å². The number of para-hydroxylation sites is 2. The second-order valence-electron chi connectivity index (χ2n) is 6.48. The first-order chi connectivity index (χ1) is 12.4. The monoisotopic (exact) mass is 329 g/mol. The van der Waals surface area contributed by atoms with Crippen molar-refractivity contribution < 1.29 is 4.42 Å². The Morgan fingerprint density at radius 1 is 1.00 bits per heavy atom. The van der Waals surface area contributed by atoms with Crippen LogP contribution in [0.2, 0.25) is 0 Å². The Morgan fingerprint density at radius 3 is 2.84 bits per heavy atom. The molecule has 1 atom stereocenters.